The molecule has 3 aliphatic rings. The van der Waals surface area contributed by atoms with Crippen LogP contribution in [0.3, 0.4) is 0 Å². The lowest BCUT2D eigenvalue weighted by Gasteiger charge is -2.31. The van der Waals surface area contributed by atoms with Crippen LogP contribution in [0.4, 0.5) is 20.5 Å². The number of anilines is 2. The van der Waals surface area contributed by atoms with Crippen molar-refractivity contribution in [2.45, 2.75) is 63.8 Å². The van der Waals surface area contributed by atoms with E-state index < -0.39 is 6.61 Å². The lowest BCUT2D eigenvalue weighted by atomic mass is 9.76. The van der Waals surface area contributed by atoms with Crippen LogP contribution in [0, 0.1) is 10.8 Å². The minimum absolute atomic E-state index is 0.262. The molecule has 36 heavy (non-hydrogen) atoms. The van der Waals surface area contributed by atoms with Crippen molar-refractivity contribution in [2.24, 2.45) is 10.8 Å². The van der Waals surface area contributed by atoms with Crippen molar-refractivity contribution in [3.05, 3.63) is 54.1 Å². The molecule has 3 fully saturated rings. The van der Waals surface area contributed by atoms with Gasteiger partial charge in [0.25, 0.3) is 0 Å². The maximum atomic E-state index is 12.7. The summed E-state index contributed by atoms with van der Waals surface area (Å²) in [6, 6.07) is 16.1. The fraction of sp³-hybridized carbons (Fsp3) is 0.500. The number of fused-ring (bicyclic) bond motifs is 1. The van der Waals surface area contributed by atoms with E-state index >= 15 is 0 Å². The van der Waals surface area contributed by atoms with Crippen LogP contribution in [-0.4, -0.2) is 42.8 Å². The van der Waals surface area contributed by atoms with Gasteiger partial charge in [-0.2, -0.15) is 13.8 Å². The van der Waals surface area contributed by atoms with Gasteiger partial charge in [-0.1, -0.05) is 30.3 Å². The van der Waals surface area contributed by atoms with Crippen molar-refractivity contribution in [1.82, 2.24) is 15.3 Å². The number of alkyl halides is 2. The molecule has 1 unspecified atom stereocenters. The molecule has 6 nitrogen and oxygen atoms in total. The smallest absolute Gasteiger partial charge is 0.387 e. The summed E-state index contributed by atoms with van der Waals surface area (Å²) in [5, 5.41) is 8.33. The highest BCUT2D eigenvalue weighted by Crippen LogP contribution is 2.66. The molecule has 3 aliphatic carbocycles. The zero-order valence-electron chi connectivity index (χ0n) is 20.8. The highest BCUT2D eigenvalue weighted by Gasteiger charge is 2.63. The molecule has 0 radical (unpaired) electrons. The fourth-order valence-corrected chi connectivity index (χ4v) is 6.25. The predicted octanol–water partition coefficient (Wildman–Crippen LogP) is 5.59. The number of nitrogens with zero attached hydrogens (tertiary/aromatic N) is 3. The van der Waals surface area contributed by atoms with Crippen LogP contribution >= 0.6 is 0 Å². The Bertz CT molecular complexity index is 1260. The van der Waals surface area contributed by atoms with E-state index in [9.17, 15) is 8.78 Å². The van der Waals surface area contributed by atoms with Gasteiger partial charge in [0.05, 0.1) is 5.52 Å². The summed E-state index contributed by atoms with van der Waals surface area (Å²) in [6.07, 6.45) is 7.18. The van der Waals surface area contributed by atoms with Gasteiger partial charge >= 0.3 is 6.61 Å². The largest absolute Gasteiger partial charge is 0.434 e. The molecule has 0 bridgehead atoms. The van der Waals surface area contributed by atoms with Gasteiger partial charge in [0.1, 0.15) is 11.6 Å². The third kappa shape index (κ3) is 4.36. The van der Waals surface area contributed by atoms with Crippen molar-refractivity contribution < 1.29 is 13.5 Å². The standard InChI is InChI=1S/C28H33F2N5O/c1-35(2)24-19-8-4-5-9-20(19)32-26(34-24)33-23-16-28(23)13-11-27(12-14-28)15-22(27)31-17-18-7-3-6-10-21(18)36-25(29)30/h3-10,22-23,25,31H,11-17H2,1-2H3,(H,32,33,34)/t22-,23?,27?,28?/m1/s1. The van der Waals surface area contributed by atoms with E-state index in [1.54, 1.807) is 12.1 Å². The Morgan fingerprint density at radius 3 is 2.36 bits per heavy atom. The van der Waals surface area contributed by atoms with Gasteiger partial charge in [-0.25, -0.2) is 4.98 Å². The Morgan fingerprint density at radius 2 is 1.61 bits per heavy atom. The summed E-state index contributed by atoms with van der Waals surface area (Å²) in [5.74, 6) is 1.92. The third-order valence-corrected chi connectivity index (χ3v) is 8.66. The first-order valence-corrected chi connectivity index (χ1v) is 12.8. The summed E-state index contributed by atoms with van der Waals surface area (Å²) < 4.78 is 30.1. The molecular formula is C28H33F2N5O. The SMILES string of the molecule is CN(C)c1nc(NC2CC23CCC2(CC3)C[C@H]2NCc2ccccc2OC(F)F)nc2ccccc12. The number of ether oxygens (including phenoxy) is 1. The molecule has 190 valence electrons. The maximum absolute atomic E-state index is 12.7. The van der Waals surface area contributed by atoms with Crippen LogP contribution in [0.5, 0.6) is 5.75 Å². The van der Waals surface area contributed by atoms with Crippen LogP contribution < -0.4 is 20.3 Å². The number of para-hydroxylation sites is 2. The molecule has 1 aromatic heterocycles. The van der Waals surface area contributed by atoms with Gasteiger partial charge in [-0.05, 0) is 67.6 Å². The summed E-state index contributed by atoms with van der Waals surface area (Å²) in [7, 11) is 4.03. The number of halogens is 2. The monoisotopic (exact) mass is 493 g/mol. The first kappa shape index (κ1) is 23.4. The molecule has 2 atom stereocenters. The molecule has 0 saturated heterocycles. The molecule has 3 aromatic rings. The Balaban J connectivity index is 1.05. The minimum atomic E-state index is -2.80. The fourth-order valence-electron chi connectivity index (χ4n) is 6.25. The van der Waals surface area contributed by atoms with Gasteiger partial charge in [-0.3, -0.25) is 0 Å². The molecule has 0 amide bonds. The maximum Gasteiger partial charge on any atom is 0.387 e. The van der Waals surface area contributed by atoms with E-state index in [-0.39, 0.29) is 5.75 Å². The van der Waals surface area contributed by atoms with E-state index in [4.69, 9.17) is 9.97 Å². The quantitative estimate of drug-likeness (QED) is 0.427. The van der Waals surface area contributed by atoms with Crippen LogP contribution in [0.25, 0.3) is 10.9 Å². The summed E-state index contributed by atoms with van der Waals surface area (Å²) >= 11 is 0. The van der Waals surface area contributed by atoms with E-state index in [1.165, 1.54) is 38.5 Å². The van der Waals surface area contributed by atoms with Crippen LogP contribution in [-0.2, 0) is 6.54 Å². The van der Waals surface area contributed by atoms with Crippen LogP contribution in [0.1, 0.15) is 44.1 Å². The number of hydrogen-bond donors (Lipinski definition) is 2. The first-order valence-electron chi connectivity index (χ1n) is 12.8. The van der Waals surface area contributed by atoms with Gasteiger partial charge in [0.2, 0.25) is 5.95 Å². The molecule has 2 spiro atoms. The number of rotatable bonds is 8. The lowest BCUT2D eigenvalue weighted by molar-refractivity contribution is -0.0505. The number of hydrogen-bond acceptors (Lipinski definition) is 6. The average Bonchev–Trinajstić information content (AvgIpc) is 3.74. The van der Waals surface area contributed by atoms with Crippen molar-refractivity contribution in [3.8, 4) is 5.75 Å². The number of nitrogens with one attached hydrogen (secondary N) is 2. The molecular weight excluding hydrogens is 460 g/mol. The highest BCUT2D eigenvalue weighted by atomic mass is 19.3. The molecule has 2 aromatic carbocycles. The third-order valence-electron chi connectivity index (χ3n) is 8.66. The van der Waals surface area contributed by atoms with E-state index in [1.807, 2.05) is 49.3 Å². The zero-order chi connectivity index (χ0) is 24.9. The molecule has 3 saturated carbocycles. The Kier molecular flexibility index (Phi) is 5.74. The molecule has 0 aliphatic heterocycles. The van der Waals surface area contributed by atoms with Crippen molar-refractivity contribution in [1.29, 1.82) is 0 Å². The van der Waals surface area contributed by atoms with Gasteiger partial charge in [-0.15, -0.1) is 0 Å². The van der Waals surface area contributed by atoms with Gasteiger partial charge < -0.3 is 20.3 Å². The second-order valence-electron chi connectivity index (χ2n) is 11.0. The van der Waals surface area contributed by atoms with Crippen molar-refractivity contribution in [3.63, 3.8) is 0 Å². The summed E-state index contributed by atoms with van der Waals surface area (Å²) in [5.41, 5.74) is 2.45. The second-order valence-corrected chi connectivity index (χ2v) is 11.0. The Labute approximate surface area is 210 Å². The van der Waals surface area contributed by atoms with Crippen LogP contribution in [0.2, 0.25) is 0 Å². The first-order chi connectivity index (χ1) is 17.4. The Morgan fingerprint density at radius 1 is 0.944 bits per heavy atom. The van der Waals surface area contributed by atoms with Crippen molar-refractivity contribution in [2.75, 3.05) is 24.3 Å². The average molecular weight is 494 g/mol. The molecule has 6 rings (SSSR count). The Hall–Kier alpha value is -3.00. The molecule has 8 heteroatoms. The lowest BCUT2D eigenvalue weighted by Crippen LogP contribution is -2.29. The normalized spacial score (nSPS) is 28.6. The minimum Gasteiger partial charge on any atom is -0.434 e. The predicted molar refractivity (Wildman–Crippen MR) is 138 cm³/mol. The zero-order valence-corrected chi connectivity index (χ0v) is 20.8. The molecule has 1 heterocycles. The number of aromatic nitrogens is 2. The summed E-state index contributed by atoms with van der Waals surface area (Å²) in [6.45, 7) is -2.25. The van der Waals surface area contributed by atoms with Gasteiger partial charge in [0, 0.05) is 43.7 Å². The number of benzene rings is 2. The van der Waals surface area contributed by atoms with E-state index in [2.05, 4.69) is 21.4 Å². The van der Waals surface area contributed by atoms with E-state index in [0.717, 1.165) is 28.2 Å². The molecule has 2 N–H and O–H groups in total. The summed E-state index contributed by atoms with van der Waals surface area (Å²) in [4.78, 5) is 11.7. The van der Waals surface area contributed by atoms with Gasteiger partial charge in [0.15, 0.2) is 0 Å². The second kappa shape index (κ2) is 8.83. The van der Waals surface area contributed by atoms with E-state index in [0.29, 0.717) is 29.5 Å². The van der Waals surface area contributed by atoms with Crippen molar-refractivity contribution >= 4 is 22.7 Å². The topological polar surface area (TPSA) is 62.3 Å². The van der Waals surface area contributed by atoms with Crippen LogP contribution in [0.15, 0.2) is 48.5 Å². The highest BCUT2D eigenvalue weighted by molar-refractivity contribution is 5.90.